The summed E-state index contributed by atoms with van der Waals surface area (Å²) in [5, 5.41) is 4.27. The number of ether oxygens (including phenoxy) is 1. The summed E-state index contributed by atoms with van der Waals surface area (Å²) < 4.78 is 31.8. The Labute approximate surface area is 149 Å². The largest absolute Gasteiger partial charge is 0.381 e. The molecule has 2 heterocycles. The lowest BCUT2D eigenvalue weighted by Crippen LogP contribution is -2.16. The second kappa shape index (κ2) is 8.63. The maximum absolute atomic E-state index is 12.3. The van der Waals surface area contributed by atoms with Crippen LogP contribution in [0.3, 0.4) is 0 Å². The van der Waals surface area contributed by atoms with Gasteiger partial charge >= 0.3 is 0 Å². The summed E-state index contributed by atoms with van der Waals surface area (Å²) in [7, 11) is -3.08. The van der Waals surface area contributed by atoms with E-state index in [2.05, 4.69) is 5.10 Å². The van der Waals surface area contributed by atoms with Crippen molar-refractivity contribution >= 4 is 9.84 Å². The van der Waals surface area contributed by atoms with E-state index in [1.807, 2.05) is 30.3 Å². The van der Waals surface area contributed by atoms with E-state index in [0.29, 0.717) is 5.92 Å². The van der Waals surface area contributed by atoms with Crippen molar-refractivity contribution in [3.8, 4) is 5.69 Å². The molecular weight excluding hydrogens is 336 g/mol. The molecule has 6 heteroatoms. The van der Waals surface area contributed by atoms with Crippen LogP contribution in [0.4, 0.5) is 0 Å². The molecule has 1 fully saturated rings. The van der Waals surface area contributed by atoms with Crippen LogP contribution in [0.15, 0.2) is 42.7 Å². The molecule has 1 aliphatic heterocycles. The lowest BCUT2D eigenvalue weighted by molar-refractivity contribution is 0.0633. The van der Waals surface area contributed by atoms with Crippen molar-refractivity contribution < 1.29 is 13.2 Å². The van der Waals surface area contributed by atoms with Gasteiger partial charge in [0.1, 0.15) is 0 Å². The Balaban J connectivity index is 1.46. The van der Waals surface area contributed by atoms with E-state index in [0.717, 1.165) is 56.6 Å². The highest BCUT2D eigenvalue weighted by molar-refractivity contribution is 7.90. The van der Waals surface area contributed by atoms with Crippen LogP contribution in [-0.2, 0) is 20.3 Å². The third kappa shape index (κ3) is 5.68. The molecule has 0 aliphatic carbocycles. The minimum absolute atomic E-state index is 0.0666. The number of para-hydroxylation sites is 1. The van der Waals surface area contributed by atoms with Crippen molar-refractivity contribution in [2.45, 2.75) is 37.9 Å². The number of unbranched alkanes of at least 4 members (excludes halogenated alkanes) is 1. The van der Waals surface area contributed by atoms with Gasteiger partial charge in [0.15, 0.2) is 9.84 Å². The first-order valence-corrected chi connectivity index (χ1v) is 10.8. The molecule has 0 saturated carbocycles. The van der Waals surface area contributed by atoms with Crippen LogP contribution in [0.1, 0.15) is 37.7 Å². The van der Waals surface area contributed by atoms with Crippen LogP contribution in [-0.4, -0.2) is 37.2 Å². The van der Waals surface area contributed by atoms with Crippen LogP contribution in [0, 0.1) is 5.92 Å². The van der Waals surface area contributed by atoms with E-state index in [1.54, 1.807) is 17.1 Å². The second-order valence-corrected chi connectivity index (χ2v) is 8.96. The number of benzene rings is 1. The first-order chi connectivity index (χ1) is 12.1. The molecule has 1 aromatic heterocycles. The van der Waals surface area contributed by atoms with Gasteiger partial charge in [0.05, 0.1) is 23.4 Å². The highest BCUT2D eigenvalue weighted by Crippen LogP contribution is 2.21. The first-order valence-electron chi connectivity index (χ1n) is 8.99. The average molecular weight is 362 g/mol. The molecule has 3 rings (SSSR count). The van der Waals surface area contributed by atoms with Crippen molar-refractivity contribution in [3.05, 3.63) is 48.3 Å². The summed E-state index contributed by atoms with van der Waals surface area (Å²) in [6.45, 7) is 1.71. The molecule has 5 nitrogen and oxygen atoms in total. The lowest BCUT2D eigenvalue weighted by Gasteiger charge is -2.21. The van der Waals surface area contributed by atoms with Gasteiger partial charge in [-0.15, -0.1) is 0 Å². The van der Waals surface area contributed by atoms with Crippen molar-refractivity contribution in [2.24, 2.45) is 5.92 Å². The number of rotatable bonds is 8. The van der Waals surface area contributed by atoms with Crippen molar-refractivity contribution in [2.75, 3.05) is 19.0 Å². The Kier molecular flexibility index (Phi) is 6.26. The predicted molar refractivity (Wildman–Crippen MR) is 98.4 cm³/mol. The normalized spacial score (nSPS) is 16.2. The molecular formula is C19H26N2O3S. The molecule has 0 atom stereocenters. The molecule has 1 aromatic carbocycles. The van der Waals surface area contributed by atoms with Gasteiger partial charge in [-0.1, -0.05) is 31.0 Å². The molecule has 0 unspecified atom stereocenters. The average Bonchev–Trinajstić information content (AvgIpc) is 3.08. The molecule has 1 aliphatic rings. The van der Waals surface area contributed by atoms with Gasteiger partial charge in [-0.2, -0.15) is 5.10 Å². The number of aromatic nitrogens is 2. The summed E-state index contributed by atoms with van der Waals surface area (Å²) in [6, 6.07) is 9.71. The number of hydrogen-bond acceptors (Lipinski definition) is 4. The molecule has 1 saturated heterocycles. The fourth-order valence-corrected chi connectivity index (χ4v) is 4.72. The van der Waals surface area contributed by atoms with Gasteiger partial charge in [0.25, 0.3) is 0 Å². The summed E-state index contributed by atoms with van der Waals surface area (Å²) >= 11 is 0. The molecule has 0 spiro atoms. The van der Waals surface area contributed by atoms with Crippen LogP contribution >= 0.6 is 0 Å². The zero-order valence-electron chi connectivity index (χ0n) is 14.5. The summed E-state index contributed by atoms with van der Waals surface area (Å²) in [5.74, 6) is 1.03. The van der Waals surface area contributed by atoms with Crippen molar-refractivity contribution in [3.63, 3.8) is 0 Å². The monoisotopic (exact) mass is 362 g/mol. The fraction of sp³-hybridized carbons (Fsp3) is 0.526. The number of hydrogen-bond donors (Lipinski definition) is 0. The quantitative estimate of drug-likeness (QED) is 0.676. The van der Waals surface area contributed by atoms with Crippen molar-refractivity contribution in [1.29, 1.82) is 0 Å². The summed E-state index contributed by atoms with van der Waals surface area (Å²) in [4.78, 5) is 0. The van der Waals surface area contributed by atoms with E-state index in [4.69, 9.17) is 4.74 Å². The molecule has 136 valence electrons. The van der Waals surface area contributed by atoms with Gasteiger partial charge in [-0.3, -0.25) is 0 Å². The summed E-state index contributed by atoms with van der Waals surface area (Å²) in [5.41, 5.74) is 1.68. The van der Waals surface area contributed by atoms with E-state index in [9.17, 15) is 8.42 Å². The first kappa shape index (κ1) is 18.1. The third-order valence-electron chi connectivity index (χ3n) is 4.70. The van der Waals surface area contributed by atoms with E-state index < -0.39 is 9.84 Å². The third-order valence-corrected chi connectivity index (χ3v) is 6.39. The highest BCUT2D eigenvalue weighted by atomic mass is 32.2. The fourth-order valence-electron chi connectivity index (χ4n) is 3.27. The number of nitrogens with zero attached hydrogens (tertiary/aromatic N) is 2. The zero-order valence-corrected chi connectivity index (χ0v) is 15.3. The van der Waals surface area contributed by atoms with E-state index >= 15 is 0 Å². The van der Waals surface area contributed by atoms with Crippen LogP contribution in [0.25, 0.3) is 5.69 Å². The van der Waals surface area contributed by atoms with Crippen LogP contribution in [0.2, 0.25) is 0 Å². The maximum atomic E-state index is 12.3. The highest BCUT2D eigenvalue weighted by Gasteiger charge is 2.16. The van der Waals surface area contributed by atoms with E-state index in [-0.39, 0.29) is 11.5 Å². The van der Waals surface area contributed by atoms with Crippen LogP contribution < -0.4 is 0 Å². The summed E-state index contributed by atoms with van der Waals surface area (Å²) in [6.07, 6.45) is 8.52. The van der Waals surface area contributed by atoms with Gasteiger partial charge in [0.2, 0.25) is 0 Å². The second-order valence-electron chi connectivity index (χ2n) is 6.77. The standard InChI is InChI=1S/C19H26N2O3S/c22-25(23,13-5-4-6-17-9-11-24-12-10-17)16-18-14-20-21(15-18)19-7-2-1-3-8-19/h1-3,7-8,14-15,17H,4-6,9-13,16H2. The van der Waals surface area contributed by atoms with E-state index in [1.165, 1.54) is 0 Å². The van der Waals surface area contributed by atoms with Gasteiger partial charge in [-0.25, -0.2) is 13.1 Å². The van der Waals surface area contributed by atoms with Gasteiger partial charge < -0.3 is 4.74 Å². The molecule has 25 heavy (non-hydrogen) atoms. The lowest BCUT2D eigenvalue weighted by atomic mass is 9.94. The molecule has 0 bridgehead atoms. The predicted octanol–water partition coefficient (Wildman–Crippen LogP) is 3.38. The Morgan fingerprint density at radius 1 is 1.12 bits per heavy atom. The SMILES string of the molecule is O=S(=O)(CCCCC1CCOCC1)Cc1cnn(-c2ccccc2)c1. The Morgan fingerprint density at radius 2 is 1.88 bits per heavy atom. The Morgan fingerprint density at radius 3 is 2.64 bits per heavy atom. The maximum Gasteiger partial charge on any atom is 0.154 e. The zero-order chi connectivity index (χ0) is 17.5. The Bertz CT molecular complexity index is 750. The minimum Gasteiger partial charge on any atom is -0.381 e. The topological polar surface area (TPSA) is 61.2 Å². The smallest absolute Gasteiger partial charge is 0.154 e. The van der Waals surface area contributed by atoms with Gasteiger partial charge in [0, 0.05) is 25.0 Å². The minimum atomic E-state index is -3.08. The van der Waals surface area contributed by atoms with Gasteiger partial charge in [-0.05, 0) is 37.3 Å². The van der Waals surface area contributed by atoms with Crippen molar-refractivity contribution in [1.82, 2.24) is 9.78 Å². The molecule has 0 radical (unpaired) electrons. The molecule has 0 N–H and O–H groups in total. The molecule has 2 aromatic rings. The van der Waals surface area contributed by atoms with Crippen LogP contribution in [0.5, 0.6) is 0 Å². The molecule has 0 amide bonds. The number of sulfone groups is 1. The Hall–Kier alpha value is -1.66.